The quantitative estimate of drug-likeness (QED) is 0.465. The van der Waals surface area contributed by atoms with E-state index in [4.69, 9.17) is 5.11 Å². The number of carboxylic acids is 1. The molecule has 0 radical (unpaired) electrons. The molecule has 0 amide bonds. The van der Waals surface area contributed by atoms with Gasteiger partial charge in [0.05, 0.1) is 5.92 Å². The van der Waals surface area contributed by atoms with Gasteiger partial charge in [0, 0.05) is 6.54 Å². The number of nitrogens with one attached hydrogen (secondary N) is 1. The van der Waals surface area contributed by atoms with Crippen LogP contribution in [0.4, 0.5) is 0 Å². The second kappa shape index (κ2) is 13.9. The molecule has 0 fully saturated rings. The van der Waals surface area contributed by atoms with Gasteiger partial charge in [0.25, 0.3) is 0 Å². The van der Waals surface area contributed by atoms with Crippen LogP contribution in [0.1, 0.15) is 78.1 Å². The normalized spacial score (nSPS) is 12.5. The highest BCUT2D eigenvalue weighted by Crippen LogP contribution is 2.10. The number of aliphatic carboxylic acids is 1. The van der Waals surface area contributed by atoms with Crippen molar-refractivity contribution in [3.05, 3.63) is 0 Å². The standard InChI is InChI=1S/C16H33NO2/c1-3-4-5-6-7-8-9-10-11-12-13-17-14-15(2)16(18)19/h15,17H,3-14H2,1-2H3,(H,18,19). The van der Waals surface area contributed by atoms with Crippen molar-refractivity contribution in [2.45, 2.75) is 78.1 Å². The van der Waals surface area contributed by atoms with Gasteiger partial charge < -0.3 is 10.4 Å². The molecule has 0 aromatic carbocycles. The molecule has 0 aromatic heterocycles. The van der Waals surface area contributed by atoms with Gasteiger partial charge in [-0.25, -0.2) is 0 Å². The Bertz CT molecular complexity index is 207. The van der Waals surface area contributed by atoms with Crippen LogP contribution >= 0.6 is 0 Å². The smallest absolute Gasteiger partial charge is 0.307 e. The van der Waals surface area contributed by atoms with Gasteiger partial charge in [0.2, 0.25) is 0 Å². The van der Waals surface area contributed by atoms with Crippen molar-refractivity contribution in [2.75, 3.05) is 13.1 Å². The molecule has 0 rings (SSSR count). The molecule has 3 nitrogen and oxygen atoms in total. The van der Waals surface area contributed by atoms with Crippen LogP contribution in [-0.2, 0) is 4.79 Å². The summed E-state index contributed by atoms with van der Waals surface area (Å²) in [5.41, 5.74) is 0. The molecule has 0 aliphatic heterocycles. The van der Waals surface area contributed by atoms with Gasteiger partial charge in [-0.3, -0.25) is 4.79 Å². The third kappa shape index (κ3) is 13.7. The second-order valence-electron chi connectivity index (χ2n) is 5.63. The van der Waals surface area contributed by atoms with Gasteiger partial charge in [-0.15, -0.1) is 0 Å². The first kappa shape index (κ1) is 18.4. The zero-order chi connectivity index (χ0) is 14.3. The van der Waals surface area contributed by atoms with Crippen LogP contribution in [0, 0.1) is 5.92 Å². The molecule has 1 unspecified atom stereocenters. The Labute approximate surface area is 119 Å². The summed E-state index contributed by atoms with van der Waals surface area (Å²) in [4.78, 5) is 10.6. The number of hydrogen-bond donors (Lipinski definition) is 2. The van der Waals surface area contributed by atoms with Gasteiger partial charge in [-0.2, -0.15) is 0 Å². The summed E-state index contributed by atoms with van der Waals surface area (Å²) in [5, 5.41) is 11.9. The molecule has 0 bridgehead atoms. The maximum absolute atomic E-state index is 10.6. The fourth-order valence-corrected chi connectivity index (χ4v) is 2.14. The van der Waals surface area contributed by atoms with Crippen molar-refractivity contribution >= 4 is 5.97 Å². The Morgan fingerprint density at radius 2 is 1.42 bits per heavy atom. The van der Waals surface area contributed by atoms with Crippen molar-refractivity contribution < 1.29 is 9.90 Å². The average Bonchev–Trinajstić information content (AvgIpc) is 2.39. The van der Waals surface area contributed by atoms with Crippen LogP contribution in [0.5, 0.6) is 0 Å². The number of carbonyl (C=O) groups is 1. The number of carboxylic acid groups (broad SMARTS) is 1. The van der Waals surface area contributed by atoms with E-state index in [0.717, 1.165) is 6.54 Å². The molecule has 0 saturated carbocycles. The second-order valence-corrected chi connectivity index (χ2v) is 5.63. The van der Waals surface area contributed by atoms with E-state index in [1.165, 1.54) is 64.2 Å². The molecule has 19 heavy (non-hydrogen) atoms. The molecule has 2 N–H and O–H groups in total. The summed E-state index contributed by atoms with van der Waals surface area (Å²) >= 11 is 0. The lowest BCUT2D eigenvalue weighted by atomic mass is 10.1. The molecular weight excluding hydrogens is 238 g/mol. The summed E-state index contributed by atoms with van der Waals surface area (Å²) in [6, 6.07) is 0. The largest absolute Gasteiger partial charge is 0.481 e. The predicted octanol–water partition coefficient (Wildman–Crippen LogP) is 4.22. The molecule has 0 saturated heterocycles. The number of hydrogen-bond acceptors (Lipinski definition) is 2. The Balaban J connectivity index is 3.05. The summed E-state index contributed by atoms with van der Waals surface area (Å²) in [5.74, 6) is -0.987. The molecule has 0 aromatic rings. The lowest BCUT2D eigenvalue weighted by Gasteiger charge is -2.07. The third-order valence-electron chi connectivity index (χ3n) is 3.58. The van der Waals surface area contributed by atoms with E-state index in [9.17, 15) is 4.79 Å². The van der Waals surface area contributed by atoms with Crippen LogP contribution in [-0.4, -0.2) is 24.2 Å². The van der Waals surface area contributed by atoms with Crippen molar-refractivity contribution in [1.82, 2.24) is 5.32 Å². The van der Waals surface area contributed by atoms with E-state index in [1.54, 1.807) is 6.92 Å². The van der Waals surface area contributed by atoms with Crippen molar-refractivity contribution in [3.63, 3.8) is 0 Å². The highest BCUT2D eigenvalue weighted by molar-refractivity contribution is 5.69. The summed E-state index contributed by atoms with van der Waals surface area (Å²) in [6.45, 7) is 5.54. The Hall–Kier alpha value is -0.570. The first-order chi connectivity index (χ1) is 9.18. The fourth-order valence-electron chi connectivity index (χ4n) is 2.14. The van der Waals surface area contributed by atoms with E-state index >= 15 is 0 Å². The van der Waals surface area contributed by atoms with Crippen molar-refractivity contribution in [1.29, 1.82) is 0 Å². The number of unbranched alkanes of at least 4 members (excludes halogenated alkanes) is 9. The minimum Gasteiger partial charge on any atom is -0.481 e. The minimum atomic E-state index is -0.712. The number of rotatable bonds is 14. The molecular formula is C16H33NO2. The van der Waals surface area contributed by atoms with E-state index in [0.29, 0.717) is 6.54 Å². The van der Waals surface area contributed by atoms with Gasteiger partial charge >= 0.3 is 5.97 Å². The molecule has 0 heterocycles. The minimum absolute atomic E-state index is 0.275. The maximum atomic E-state index is 10.6. The first-order valence-electron chi connectivity index (χ1n) is 8.12. The Morgan fingerprint density at radius 1 is 0.947 bits per heavy atom. The van der Waals surface area contributed by atoms with Gasteiger partial charge in [-0.1, -0.05) is 71.6 Å². The zero-order valence-corrected chi connectivity index (χ0v) is 12.9. The molecule has 0 aliphatic rings. The van der Waals surface area contributed by atoms with Gasteiger partial charge in [-0.05, 0) is 13.0 Å². The van der Waals surface area contributed by atoms with E-state index < -0.39 is 5.97 Å². The SMILES string of the molecule is CCCCCCCCCCCCNCC(C)C(=O)O. The van der Waals surface area contributed by atoms with Crippen LogP contribution in [0.15, 0.2) is 0 Å². The summed E-state index contributed by atoms with van der Waals surface area (Å²) in [7, 11) is 0. The average molecular weight is 271 g/mol. The first-order valence-corrected chi connectivity index (χ1v) is 8.12. The highest BCUT2D eigenvalue weighted by atomic mass is 16.4. The predicted molar refractivity (Wildman–Crippen MR) is 81.5 cm³/mol. The fraction of sp³-hybridized carbons (Fsp3) is 0.938. The lowest BCUT2D eigenvalue weighted by molar-refractivity contribution is -0.140. The van der Waals surface area contributed by atoms with Crippen molar-refractivity contribution in [2.24, 2.45) is 5.92 Å². The van der Waals surface area contributed by atoms with Crippen LogP contribution in [0.25, 0.3) is 0 Å². The van der Waals surface area contributed by atoms with Crippen LogP contribution in [0.2, 0.25) is 0 Å². The molecule has 114 valence electrons. The Morgan fingerprint density at radius 3 is 1.89 bits per heavy atom. The highest BCUT2D eigenvalue weighted by Gasteiger charge is 2.08. The van der Waals surface area contributed by atoms with Gasteiger partial charge in [0.15, 0.2) is 0 Å². The molecule has 0 aliphatic carbocycles. The van der Waals surface area contributed by atoms with Gasteiger partial charge in [0.1, 0.15) is 0 Å². The maximum Gasteiger partial charge on any atom is 0.307 e. The van der Waals surface area contributed by atoms with E-state index in [1.807, 2.05) is 0 Å². The molecule has 3 heteroatoms. The summed E-state index contributed by atoms with van der Waals surface area (Å²) in [6.07, 6.45) is 13.4. The zero-order valence-electron chi connectivity index (χ0n) is 12.9. The molecule has 1 atom stereocenters. The van der Waals surface area contributed by atoms with Crippen LogP contribution < -0.4 is 5.32 Å². The Kier molecular flexibility index (Phi) is 13.4. The lowest BCUT2D eigenvalue weighted by Crippen LogP contribution is -2.26. The van der Waals surface area contributed by atoms with E-state index in [-0.39, 0.29) is 5.92 Å². The topological polar surface area (TPSA) is 49.3 Å². The summed E-state index contributed by atoms with van der Waals surface area (Å²) < 4.78 is 0. The van der Waals surface area contributed by atoms with Crippen molar-refractivity contribution in [3.8, 4) is 0 Å². The third-order valence-corrected chi connectivity index (χ3v) is 3.58. The van der Waals surface area contributed by atoms with Crippen LogP contribution in [0.3, 0.4) is 0 Å². The molecule has 0 spiro atoms. The van der Waals surface area contributed by atoms with E-state index in [2.05, 4.69) is 12.2 Å². The monoisotopic (exact) mass is 271 g/mol.